The fourth-order valence-electron chi connectivity index (χ4n) is 4.06. The molecule has 0 bridgehead atoms. The second kappa shape index (κ2) is 8.07. The van der Waals surface area contributed by atoms with Gasteiger partial charge in [-0.25, -0.2) is 0 Å². The zero-order valence-electron chi connectivity index (χ0n) is 16.9. The van der Waals surface area contributed by atoms with Crippen LogP contribution < -0.4 is 14.8 Å². The molecule has 0 spiro atoms. The first-order chi connectivity index (χ1) is 14.4. The van der Waals surface area contributed by atoms with Crippen molar-refractivity contribution >= 4 is 0 Å². The van der Waals surface area contributed by atoms with Crippen molar-refractivity contribution in [3.8, 4) is 17.2 Å². The summed E-state index contributed by atoms with van der Waals surface area (Å²) < 4.78 is 54.5. The second-order valence-corrected chi connectivity index (χ2v) is 7.10. The van der Waals surface area contributed by atoms with E-state index in [4.69, 9.17) is 9.47 Å². The molecule has 1 aliphatic rings. The lowest BCUT2D eigenvalue weighted by Gasteiger charge is -2.19. The molecule has 2 N–H and O–H groups in total. The molecule has 0 radical (unpaired) electrons. The van der Waals surface area contributed by atoms with Gasteiger partial charge in [0.25, 0.3) is 0 Å². The van der Waals surface area contributed by atoms with Gasteiger partial charge in [0, 0.05) is 23.4 Å². The molecule has 2 aromatic carbocycles. The Morgan fingerprint density at radius 2 is 1.70 bits per heavy atom. The lowest BCUT2D eigenvalue weighted by Crippen LogP contribution is -2.83. The molecule has 30 heavy (non-hydrogen) atoms. The molecule has 0 fully saturated rings. The molecule has 4 nitrogen and oxygen atoms in total. The van der Waals surface area contributed by atoms with Crippen LogP contribution in [0.5, 0.6) is 11.5 Å². The number of aromatic nitrogens is 1. The number of quaternary nitrogens is 1. The number of halogens is 3. The van der Waals surface area contributed by atoms with Crippen LogP contribution in [0.2, 0.25) is 0 Å². The first kappa shape index (κ1) is 20.3. The van der Waals surface area contributed by atoms with Gasteiger partial charge in [-0.1, -0.05) is 18.2 Å². The predicted octanol–water partition coefficient (Wildman–Crippen LogP) is 4.46. The van der Waals surface area contributed by atoms with E-state index in [0.29, 0.717) is 31.3 Å². The van der Waals surface area contributed by atoms with E-state index in [1.807, 2.05) is 54.2 Å². The minimum Gasteiger partial charge on any atom is -0.490 e. The van der Waals surface area contributed by atoms with Gasteiger partial charge in [-0.2, -0.15) is 13.2 Å². The van der Waals surface area contributed by atoms with Gasteiger partial charge in [0.15, 0.2) is 17.5 Å². The van der Waals surface area contributed by atoms with Crippen molar-refractivity contribution in [3.05, 3.63) is 77.1 Å². The molecule has 0 unspecified atom stereocenters. The molecule has 3 aromatic rings. The molecule has 7 heteroatoms. The average Bonchev–Trinajstić information content (AvgIpc) is 3.14. The molecule has 4 rings (SSSR count). The minimum atomic E-state index is -4.41. The van der Waals surface area contributed by atoms with Crippen molar-refractivity contribution in [2.45, 2.75) is 32.6 Å². The van der Waals surface area contributed by atoms with E-state index in [9.17, 15) is 13.2 Å². The molecular formula is C23H24F3N2O2+. The fraction of sp³-hybridized carbons (Fsp3) is 0.304. The Labute approximate surface area is 173 Å². The number of benzene rings is 2. The smallest absolute Gasteiger partial charge is 0.416 e. The van der Waals surface area contributed by atoms with Gasteiger partial charge < -0.3 is 19.4 Å². The van der Waals surface area contributed by atoms with Crippen LogP contribution in [0.1, 0.15) is 42.3 Å². The predicted molar refractivity (Wildman–Crippen MR) is 107 cm³/mol. The lowest BCUT2D eigenvalue weighted by atomic mass is 9.97. The van der Waals surface area contributed by atoms with Crippen LogP contribution in [0.15, 0.2) is 54.7 Å². The first-order valence-electron chi connectivity index (χ1n) is 10.0. The van der Waals surface area contributed by atoms with Crippen molar-refractivity contribution in [1.82, 2.24) is 4.57 Å². The quantitative estimate of drug-likeness (QED) is 0.666. The molecular weight excluding hydrogens is 393 g/mol. The first-order valence-corrected chi connectivity index (χ1v) is 10.0. The highest BCUT2D eigenvalue weighted by Gasteiger charge is 2.38. The molecule has 0 amide bonds. The molecule has 1 atom stereocenters. The number of nitrogens with zero attached hydrogens (tertiary/aromatic N) is 1. The number of fused-ring (bicyclic) bond motifs is 3. The van der Waals surface area contributed by atoms with E-state index in [-0.39, 0.29) is 5.56 Å². The molecule has 0 saturated carbocycles. The number of ether oxygens (including phenoxy) is 2. The van der Waals surface area contributed by atoms with Crippen molar-refractivity contribution in [2.24, 2.45) is 0 Å². The summed E-state index contributed by atoms with van der Waals surface area (Å²) in [6.45, 7) is 5.31. The summed E-state index contributed by atoms with van der Waals surface area (Å²) in [5.41, 5.74) is 2.32. The van der Waals surface area contributed by atoms with Gasteiger partial charge in [-0.05, 0) is 38.1 Å². The Bertz CT molecular complexity index is 1040. The minimum absolute atomic E-state index is 0.257. The topological polar surface area (TPSA) is 40.0 Å². The van der Waals surface area contributed by atoms with Crippen LogP contribution in [0.3, 0.4) is 0 Å². The SMILES string of the molecule is CCOc1cc2c(cc1OCC)-n1cccc1[C@@H](c1ccccc1C(F)(F)F)[NH2+]C2. The lowest BCUT2D eigenvalue weighted by molar-refractivity contribution is -0.702. The Balaban J connectivity index is 1.85. The molecule has 1 aromatic heterocycles. The molecule has 2 heterocycles. The zero-order chi connectivity index (χ0) is 21.3. The number of alkyl halides is 3. The van der Waals surface area contributed by atoms with Crippen LogP contribution in [-0.4, -0.2) is 17.8 Å². The number of nitrogens with two attached hydrogens (primary N) is 1. The number of hydrogen-bond donors (Lipinski definition) is 1. The van der Waals surface area contributed by atoms with Crippen molar-refractivity contribution in [2.75, 3.05) is 13.2 Å². The maximum Gasteiger partial charge on any atom is 0.416 e. The van der Waals surface area contributed by atoms with E-state index >= 15 is 0 Å². The van der Waals surface area contributed by atoms with Crippen LogP contribution in [0, 0.1) is 0 Å². The summed E-state index contributed by atoms with van der Waals surface area (Å²) in [4.78, 5) is 0. The highest BCUT2D eigenvalue weighted by molar-refractivity contribution is 5.56. The monoisotopic (exact) mass is 417 g/mol. The second-order valence-electron chi connectivity index (χ2n) is 7.10. The highest BCUT2D eigenvalue weighted by Crippen LogP contribution is 2.39. The third-order valence-corrected chi connectivity index (χ3v) is 5.28. The van der Waals surface area contributed by atoms with E-state index in [1.165, 1.54) is 6.07 Å². The van der Waals surface area contributed by atoms with E-state index < -0.39 is 17.8 Å². The van der Waals surface area contributed by atoms with Gasteiger partial charge in [0.05, 0.1) is 30.2 Å². The zero-order valence-corrected chi connectivity index (χ0v) is 16.9. The normalized spacial score (nSPS) is 15.8. The Morgan fingerprint density at radius 1 is 1.00 bits per heavy atom. The summed E-state index contributed by atoms with van der Waals surface area (Å²) in [6.07, 6.45) is -2.53. The average molecular weight is 417 g/mol. The van der Waals surface area contributed by atoms with Crippen LogP contribution in [0.4, 0.5) is 13.2 Å². The molecule has 0 aliphatic carbocycles. The van der Waals surface area contributed by atoms with Crippen molar-refractivity contribution in [1.29, 1.82) is 0 Å². The van der Waals surface area contributed by atoms with E-state index in [1.54, 1.807) is 12.1 Å². The molecule has 158 valence electrons. The van der Waals surface area contributed by atoms with Crippen LogP contribution >= 0.6 is 0 Å². The Morgan fingerprint density at radius 3 is 2.40 bits per heavy atom. The fourth-order valence-corrected chi connectivity index (χ4v) is 4.06. The summed E-state index contributed by atoms with van der Waals surface area (Å²) in [5.74, 6) is 1.28. The summed E-state index contributed by atoms with van der Waals surface area (Å²) in [6, 6.07) is 12.9. The van der Waals surface area contributed by atoms with Crippen molar-refractivity contribution in [3.63, 3.8) is 0 Å². The largest absolute Gasteiger partial charge is 0.490 e. The Hall–Kier alpha value is -2.93. The molecule has 0 saturated heterocycles. The maximum absolute atomic E-state index is 13.7. The standard InChI is InChI=1S/C23H23F3N2O2/c1-3-29-20-12-15-14-27-22(16-8-5-6-9-17(16)23(24,25)26)18-10-7-11-28(18)19(15)13-21(20)30-4-2/h5-13,22,27H,3-4,14H2,1-2H3/p+1/t22-/m1/s1. The maximum atomic E-state index is 13.7. The summed E-state index contributed by atoms with van der Waals surface area (Å²) in [7, 11) is 0. The summed E-state index contributed by atoms with van der Waals surface area (Å²) in [5, 5.41) is 1.94. The van der Waals surface area contributed by atoms with Crippen LogP contribution in [-0.2, 0) is 12.7 Å². The van der Waals surface area contributed by atoms with Gasteiger partial charge in [-0.15, -0.1) is 0 Å². The van der Waals surface area contributed by atoms with Gasteiger partial charge in [0.1, 0.15) is 6.54 Å². The highest BCUT2D eigenvalue weighted by atomic mass is 19.4. The van der Waals surface area contributed by atoms with Crippen molar-refractivity contribution < 1.29 is 28.0 Å². The third kappa shape index (κ3) is 3.65. The van der Waals surface area contributed by atoms with Gasteiger partial charge in [-0.3, -0.25) is 0 Å². The Kier molecular flexibility index (Phi) is 5.47. The van der Waals surface area contributed by atoms with Crippen LogP contribution in [0.25, 0.3) is 5.69 Å². The number of hydrogen-bond acceptors (Lipinski definition) is 2. The third-order valence-electron chi connectivity index (χ3n) is 5.28. The summed E-state index contributed by atoms with van der Waals surface area (Å²) >= 11 is 0. The number of rotatable bonds is 5. The van der Waals surface area contributed by atoms with E-state index in [2.05, 4.69) is 0 Å². The van der Waals surface area contributed by atoms with E-state index in [0.717, 1.165) is 23.0 Å². The molecule has 1 aliphatic heterocycles. The van der Waals surface area contributed by atoms with Gasteiger partial charge in [0.2, 0.25) is 0 Å². The van der Waals surface area contributed by atoms with Gasteiger partial charge >= 0.3 is 6.18 Å².